The Morgan fingerprint density at radius 1 is 1.39 bits per heavy atom. The topological polar surface area (TPSA) is 75.7 Å². The van der Waals surface area contributed by atoms with Crippen LogP contribution < -0.4 is 0 Å². The average Bonchev–Trinajstić information content (AvgIpc) is 2.40. The Bertz CT molecular complexity index is 454. The first-order chi connectivity index (χ1) is 8.68. The number of rotatable bonds is 3. The van der Waals surface area contributed by atoms with Gasteiger partial charge in [0.1, 0.15) is 0 Å². The highest BCUT2D eigenvalue weighted by molar-refractivity contribution is 7.79. The van der Waals surface area contributed by atoms with Crippen molar-refractivity contribution in [3.8, 4) is 0 Å². The van der Waals surface area contributed by atoms with Crippen molar-refractivity contribution in [2.24, 2.45) is 0 Å². The molecule has 1 aromatic carbocycles. The number of benzene rings is 1. The smallest absolute Gasteiger partial charge is 0.341 e. The molecule has 2 unspecified atom stereocenters. The van der Waals surface area contributed by atoms with E-state index in [1.54, 1.807) is 12.1 Å². The molecule has 5 nitrogen and oxygen atoms in total. The lowest BCUT2D eigenvalue weighted by atomic mass is 10.2. The quantitative estimate of drug-likeness (QED) is 0.615. The molecule has 1 saturated heterocycles. The van der Waals surface area contributed by atoms with Gasteiger partial charge in [-0.3, -0.25) is 4.21 Å². The van der Waals surface area contributed by atoms with Gasteiger partial charge in [-0.25, -0.2) is 4.79 Å². The van der Waals surface area contributed by atoms with Gasteiger partial charge in [-0.05, 0) is 36.1 Å². The molecule has 1 aromatic rings. The minimum Gasteiger partial charge on any atom is -0.768 e. The molecule has 1 aliphatic rings. The van der Waals surface area contributed by atoms with Crippen LogP contribution in [-0.2, 0) is 20.6 Å². The average molecular weight is 269 g/mol. The summed E-state index contributed by atoms with van der Waals surface area (Å²) in [4.78, 5) is 11.8. The number of hydrogen-bond acceptors (Lipinski definition) is 5. The first kappa shape index (κ1) is 13.2. The maximum Gasteiger partial charge on any atom is 0.341 e. The number of carbonyl (C=O) groups excluding carboxylic acids is 1. The van der Waals surface area contributed by atoms with Gasteiger partial charge in [0.05, 0.1) is 12.2 Å². The van der Waals surface area contributed by atoms with Crippen LogP contribution >= 0.6 is 0 Å². The summed E-state index contributed by atoms with van der Waals surface area (Å²) in [5, 5.41) is 0. The highest BCUT2D eigenvalue weighted by atomic mass is 32.2. The van der Waals surface area contributed by atoms with Crippen LogP contribution in [0.2, 0.25) is 0 Å². The monoisotopic (exact) mass is 269 g/mol. The van der Waals surface area contributed by atoms with E-state index < -0.39 is 23.3 Å². The molecule has 0 radical (unpaired) electrons. The fourth-order valence-corrected chi connectivity index (χ4v) is 2.29. The number of hydrogen-bond donors (Lipinski definition) is 0. The molecular formula is C12H13O5S-. The molecule has 2 atom stereocenters. The van der Waals surface area contributed by atoms with Crippen LogP contribution in [0, 0.1) is 0 Å². The molecule has 1 aliphatic heterocycles. The first-order valence-electron chi connectivity index (χ1n) is 5.69. The molecule has 6 heteroatoms. The van der Waals surface area contributed by atoms with Gasteiger partial charge in [-0.1, -0.05) is 12.1 Å². The van der Waals surface area contributed by atoms with E-state index >= 15 is 0 Å². The Morgan fingerprint density at radius 3 is 2.83 bits per heavy atom. The molecule has 1 heterocycles. The van der Waals surface area contributed by atoms with E-state index in [9.17, 15) is 13.6 Å². The molecule has 98 valence electrons. The van der Waals surface area contributed by atoms with E-state index in [0.29, 0.717) is 13.0 Å². The summed E-state index contributed by atoms with van der Waals surface area (Å²) in [5.74, 6) is -0.665. The molecular weight excluding hydrogens is 256 g/mol. The third-order valence-electron chi connectivity index (χ3n) is 2.66. The number of carbonyl (C=O) groups is 1. The zero-order chi connectivity index (χ0) is 13.0. The molecule has 1 fully saturated rings. The van der Waals surface area contributed by atoms with Crippen LogP contribution in [0.25, 0.3) is 0 Å². The highest BCUT2D eigenvalue weighted by Crippen LogP contribution is 2.18. The standard InChI is InChI=1S/C12H14O5S/c13-12(17-11-7-3-4-8-16-11)9-5-1-2-6-10(9)18(14)15/h1-2,5-6,11H,3-4,7-8H2,(H,14,15)/p-1. The third kappa shape index (κ3) is 3.16. The molecule has 0 aliphatic carbocycles. The number of esters is 1. The van der Waals surface area contributed by atoms with Gasteiger partial charge in [-0.2, -0.15) is 0 Å². The van der Waals surface area contributed by atoms with Gasteiger partial charge in [0.25, 0.3) is 0 Å². The van der Waals surface area contributed by atoms with Gasteiger partial charge < -0.3 is 14.0 Å². The molecule has 0 amide bonds. The third-order valence-corrected chi connectivity index (χ3v) is 3.38. The second-order valence-corrected chi connectivity index (χ2v) is 4.84. The van der Waals surface area contributed by atoms with Crippen LogP contribution in [0.15, 0.2) is 29.2 Å². The van der Waals surface area contributed by atoms with Crippen LogP contribution in [0.5, 0.6) is 0 Å². The lowest BCUT2D eigenvalue weighted by Gasteiger charge is -2.23. The van der Waals surface area contributed by atoms with E-state index in [4.69, 9.17) is 9.47 Å². The van der Waals surface area contributed by atoms with Crippen molar-refractivity contribution in [1.82, 2.24) is 0 Å². The summed E-state index contributed by atoms with van der Waals surface area (Å²) < 4.78 is 32.4. The lowest BCUT2D eigenvalue weighted by Crippen LogP contribution is -2.25. The van der Waals surface area contributed by atoms with Crippen LogP contribution in [0.1, 0.15) is 29.6 Å². The second kappa shape index (κ2) is 6.08. The Labute approximate surface area is 107 Å². The zero-order valence-corrected chi connectivity index (χ0v) is 10.5. The Hall–Kier alpha value is -1.24. The molecule has 0 saturated carbocycles. The van der Waals surface area contributed by atoms with Crippen LogP contribution in [0.4, 0.5) is 0 Å². The largest absolute Gasteiger partial charge is 0.768 e. The maximum atomic E-state index is 11.9. The van der Waals surface area contributed by atoms with Gasteiger partial charge in [0, 0.05) is 11.3 Å². The predicted octanol–water partition coefficient (Wildman–Crippen LogP) is 1.61. The van der Waals surface area contributed by atoms with E-state index in [-0.39, 0.29) is 10.5 Å². The Kier molecular flexibility index (Phi) is 4.46. The lowest BCUT2D eigenvalue weighted by molar-refractivity contribution is -0.131. The molecule has 0 bridgehead atoms. The molecule has 0 aromatic heterocycles. The Morgan fingerprint density at radius 2 is 2.17 bits per heavy atom. The predicted molar refractivity (Wildman–Crippen MR) is 62.6 cm³/mol. The van der Waals surface area contributed by atoms with Crippen molar-refractivity contribution in [3.63, 3.8) is 0 Å². The van der Waals surface area contributed by atoms with Crippen molar-refractivity contribution in [1.29, 1.82) is 0 Å². The SMILES string of the molecule is O=C(OC1CCCCO1)c1ccccc1S(=O)[O-]. The van der Waals surface area contributed by atoms with Crippen molar-refractivity contribution in [2.75, 3.05) is 6.61 Å². The van der Waals surface area contributed by atoms with Gasteiger partial charge in [0.15, 0.2) is 0 Å². The highest BCUT2D eigenvalue weighted by Gasteiger charge is 2.21. The summed E-state index contributed by atoms with van der Waals surface area (Å²) >= 11 is -2.46. The summed E-state index contributed by atoms with van der Waals surface area (Å²) in [6.07, 6.45) is 1.97. The second-order valence-electron chi connectivity index (χ2n) is 3.93. The van der Waals surface area contributed by atoms with E-state index in [0.717, 1.165) is 12.8 Å². The fourth-order valence-electron chi connectivity index (χ4n) is 1.77. The van der Waals surface area contributed by atoms with E-state index in [1.807, 2.05) is 0 Å². The molecule has 18 heavy (non-hydrogen) atoms. The van der Waals surface area contributed by atoms with Crippen molar-refractivity contribution >= 4 is 17.0 Å². The summed E-state index contributed by atoms with van der Waals surface area (Å²) in [6, 6.07) is 5.94. The minimum absolute atomic E-state index is 0.0417. The molecule has 0 N–H and O–H groups in total. The normalized spacial score (nSPS) is 21.3. The van der Waals surface area contributed by atoms with Gasteiger partial charge in [-0.15, -0.1) is 0 Å². The first-order valence-corrected chi connectivity index (χ1v) is 6.77. The van der Waals surface area contributed by atoms with E-state index in [2.05, 4.69) is 0 Å². The summed E-state index contributed by atoms with van der Waals surface area (Å²) in [6.45, 7) is 0.563. The Balaban J connectivity index is 2.10. The van der Waals surface area contributed by atoms with Gasteiger partial charge >= 0.3 is 5.97 Å². The summed E-state index contributed by atoms with van der Waals surface area (Å²) in [5.41, 5.74) is 0.0417. The van der Waals surface area contributed by atoms with Crippen molar-refractivity contribution < 1.29 is 23.0 Å². The van der Waals surface area contributed by atoms with Crippen LogP contribution in [-0.4, -0.2) is 27.6 Å². The van der Waals surface area contributed by atoms with E-state index in [1.165, 1.54) is 12.1 Å². The van der Waals surface area contributed by atoms with Crippen molar-refractivity contribution in [2.45, 2.75) is 30.4 Å². The molecule has 0 spiro atoms. The molecule has 2 rings (SSSR count). The van der Waals surface area contributed by atoms with Gasteiger partial charge in [0.2, 0.25) is 6.29 Å². The van der Waals surface area contributed by atoms with Crippen molar-refractivity contribution in [3.05, 3.63) is 29.8 Å². The minimum atomic E-state index is -2.46. The zero-order valence-electron chi connectivity index (χ0n) is 9.66. The fraction of sp³-hybridized carbons (Fsp3) is 0.417. The number of ether oxygens (including phenoxy) is 2. The van der Waals surface area contributed by atoms with Crippen LogP contribution in [0.3, 0.4) is 0 Å². The summed E-state index contributed by atoms with van der Waals surface area (Å²) in [7, 11) is 0. The maximum absolute atomic E-state index is 11.9.